The first-order valence-electron chi connectivity index (χ1n) is 5.71. The second-order valence-corrected chi connectivity index (χ2v) is 4.80. The van der Waals surface area contributed by atoms with Gasteiger partial charge in [-0.2, -0.15) is 26.3 Å². The van der Waals surface area contributed by atoms with E-state index in [1.165, 1.54) is 0 Å². The summed E-state index contributed by atoms with van der Waals surface area (Å²) in [6.07, 6.45) is -11.6. The molecule has 0 saturated carbocycles. The van der Waals surface area contributed by atoms with Crippen LogP contribution in [-0.4, -0.2) is 25.4 Å². The van der Waals surface area contributed by atoms with Gasteiger partial charge in [0, 0.05) is 11.1 Å². The Labute approximate surface area is 121 Å². The van der Waals surface area contributed by atoms with Crippen LogP contribution in [0.5, 0.6) is 0 Å². The van der Waals surface area contributed by atoms with Gasteiger partial charge in [-0.15, -0.1) is 0 Å². The predicted molar refractivity (Wildman–Crippen MR) is 63.6 cm³/mol. The zero-order valence-electron chi connectivity index (χ0n) is 10.6. The lowest BCUT2D eigenvalue weighted by Crippen LogP contribution is -2.51. The molecule has 9 heteroatoms. The Morgan fingerprint density at radius 2 is 1.62 bits per heavy atom. The average Bonchev–Trinajstić information content (AvgIpc) is 2.27. The second kappa shape index (κ2) is 6.39. The van der Waals surface area contributed by atoms with Gasteiger partial charge in [0.25, 0.3) is 0 Å². The fourth-order valence-electron chi connectivity index (χ4n) is 1.95. The average molecular weight is 338 g/mol. The first-order chi connectivity index (χ1) is 9.46. The minimum absolute atomic E-state index is 0.00378. The third-order valence-electron chi connectivity index (χ3n) is 2.93. The van der Waals surface area contributed by atoms with Crippen molar-refractivity contribution >= 4 is 11.6 Å². The lowest BCUT2D eigenvalue weighted by molar-refractivity contribution is -0.291. The molecule has 0 aromatic heterocycles. The van der Waals surface area contributed by atoms with Crippen LogP contribution >= 0.6 is 11.6 Å². The van der Waals surface area contributed by atoms with E-state index in [4.69, 9.17) is 11.6 Å². The Balaban J connectivity index is 3.10. The van der Waals surface area contributed by atoms with Crippen LogP contribution in [0.15, 0.2) is 18.2 Å². The quantitative estimate of drug-likeness (QED) is 0.805. The van der Waals surface area contributed by atoms with Crippen molar-refractivity contribution in [3.8, 4) is 0 Å². The Hall–Kier alpha value is -1.02. The standard InChI is InChI=1S/C12H11ClF7N/c1-21-9(10(11(15,16)17)12(18,19)20)4-6-2-3-7(14)5-8(6)13/h2-3,5,9-10,21H,4H2,1H3. The Bertz CT molecular complexity index is 469. The summed E-state index contributed by atoms with van der Waals surface area (Å²) in [7, 11) is 0.993. The molecular formula is C12H11ClF7N. The number of rotatable bonds is 4. The molecule has 0 spiro atoms. The largest absolute Gasteiger partial charge is 0.402 e. The summed E-state index contributed by atoms with van der Waals surface area (Å²) in [5, 5.41) is 1.79. The van der Waals surface area contributed by atoms with E-state index < -0.39 is 36.6 Å². The molecule has 1 atom stereocenters. The minimum Gasteiger partial charge on any atom is -0.316 e. The van der Waals surface area contributed by atoms with Gasteiger partial charge in [0.05, 0.1) is 0 Å². The summed E-state index contributed by atoms with van der Waals surface area (Å²) in [6.45, 7) is 0. The molecule has 0 aliphatic heterocycles. The fourth-order valence-corrected chi connectivity index (χ4v) is 2.20. The van der Waals surface area contributed by atoms with Gasteiger partial charge in [-0.05, 0) is 31.2 Å². The van der Waals surface area contributed by atoms with Gasteiger partial charge in [0.1, 0.15) is 5.82 Å². The third kappa shape index (κ3) is 4.74. The van der Waals surface area contributed by atoms with Crippen LogP contribution < -0.4 is 5.32 Å². The molecule has 0 bridgehead atoms. The van der Waals surface area contributed by atoms with Crippen LogP contribution in [0.2, 0.25) is 5.02 Å². The molecule has 1 aromatic rings. The van der Waals surface area contributed by atoms with Crippen molar-refractivity contribution in [3.05, 3.63) is 34.6 Å². The fraction of sp³-hybridized carbons (Fsp3) is 0.500. The molecule has 1 nitrogen and oxygen atoms in total. The van der Waals surface area contributed by atoms with Crippen molar-refractivity contribution in [3.63, 3.8) is 0 Å². The molecule has 1 N–H and O–H groups in total. The number of likely N-dealkylation sites (N-methyl/N-ethyl adjacent to an activating group) is 1. The van der Waals surface area contributed by atoms with Crippen LogP contribution in [0.25, 0.3) is 0 Å². The summed E-state index contributed by atoms with van der Waals surface area (Å²) >= 11 is 5.63. The van der Waals surface area contributed by atoms with Gasteiger partial charge in [-0.3, -0.25) is 0 Å². The molecule has 1 rings (SSSR count). The lowest BCUT2D eigenvalue weighted by atomic mass is 9.92. The predicted octanol–water partition coefficient (Wildman–Crippen LogP) is 4.35. The molecule has 0 amide bonds. The number of hydrogen-bond acceptors (Lipinski definition) is 1. The summed E-state index contributed by atoms with van der Waals surface area (Å²) < 4.78 is 88.8. The molecule has 0 radical (unpaired) electrons. The SMILES string of the molecule is CNC(Cc1ccc(F)cc1Cl)C(C(F)(F)F)C(F)(F)F. The van der Waals surface area contributed by atoms with Crippen molar-refractivity contribution < 1.29 is 30.7 Å². The summed E-state index contributed by atoms with van der Waals surface area (Å²) in [6, 6.07) is 0.850. The Morgan fingerprint density at radius 3 is 2.00 bits per heavy atom. The maximum atomic E-state index is 12.8. The van der Waals surface area contributed by atoms with Crippen LogP contribution in [0.3, 0.4) is 0 Å². The molecule has 0 heterocycles. The second-order valence-electron chi connectivity index (χ2n) is 4.40. The molecule has 1 unspecified atom stereocenters. The van der Waals surface area contributed by atoms with Gasteiger partial charge in [0.15, 0.2) is 5.92 Å². The van der Waals surface area contributed by atoms with Crippen molar-refractivity contribution in [2.45, 2.75) is 24.8 Å². The van der Waals surface area contributed by atoms with E-state index in [9.17, 15) is 30.7 Å². The van der Waals surface area contributed by atoms with E-state index in [1.54, 1.807) is 0 Å². The highest BCUT2D eigenvalue weighted by atomic mass is 35.5. The number of alkyl halides is 6. The topological polar surface area (TPSA) is 12.0 Å². The number of halogens is 8. The zero-order chi connectivity index (χ0) is 16.4. The highest BCUT2D eigenvalue weighted by molar-refractivity contribution is 6.31. The zero-order valence-corrected chi connectivity index (χ0v) is 11.4. The maximum absolute atomic E-state index is 12.8. The normalized spacial score (nSPS) is 14.6. The number of hydrogen-bond donors (Lipinski definition) is 1. The van der Waals surface area contributed by atoms with E-state index in [1.807, 2.05) is 5.32 Å². The molecule has 21 heavy (non-hydrogen) atoms. The van der Waals surface area contributed by atoms with E-state index in [0.717, 1.165) is 25.2 Å². The number of benzene rings is 1. The smallest absolute Gasteiger partial charge is 0.316 e. The van der Waals surface area contributed by atoms with E-state index >= 15 is 0 Å². The maximum Gasteiger partial charge on any atom is 0.402 e. The van der Waals surface area contributed by atoms with Crippen molar-refractivity contribution in [2.24, 2.45) is 5.92 Å². The molecule has 0 aliphatic carbocycles. The van der Waals surface area contributed by atoms with Crippen LogP contribution in [0.4, 0.5) is 30.7 Å². The first kappa shape index (κ1) is 18.0. The summed E-state index contributed by atoms with van der Waals surface area (Å²) in [4.78, 5) is 0. The monoisotopic (exact) mass is 337 g/mol. The van der Waals surface area contributed by atoms with Crippen molar-refractivity contribution in [1.82, 2.24) is 5.32 Å². The minimum atomic E-state index is -5.46. The van der Waals surface area contributed by atoms with Gasteiger partial charge < -0.3 is 5.32 Å². The summed E-state index contributed by atoms with van der Waals surface area (Å²) in [5.41, 5.74) is -0.00378. The highest BCUT2D eigenvalue weighted by Crippen LogP contribution is 2.42. The third-order valence-corrected chi connectivity index (χ3v) is 3.29. The molecular weight excluding hydrogens is 327 g/mol. The van der Waals surface area contributed by atoms with Crippen LogP contribution in [0.1, 0.15) is 5.56 Å². The van der Waals surface area contributed by atoms with Gasteiger partial charge in [0.2, 0.25) is 0 Å². The van der Waals surface area contributed by atoms with Crippen molar-refractivity contribution in [2.75, 3.05) is 7.05 Å². The van der Waals surface area contributed by atoms with E-state index in [2.05, 4.69) is 0 Å². The Morgan fingerprint density at radius 1 is 1.10 bits per heavy atom. The first-order valence-corrected chi connectivity index (χ1v) is 6.09. The molecule has 120 valence electrons. The van der Waals surface area contributed by atoms with Gasteiger partial charge in [-0.25, -0.2) is 4.39 Å². The highest BCUT2D eigenvalue weighted by Gasteiger charge is 2.59. The lowest BCUT2D eigenvalue weighted by Gasteiger charge is -2.30. The summed E-state index contributed by atoms with van der Waals surface area (Å²) in [5.74, 6) is -4.27. The molecule has 0 fully saturated rings. The van der Waals surface area contributed by atoms with Crippen LogP contribution in [-0.2, 0) is 6.42 Å². The molecule has 0 aliphatic rings. The molecule has 0 saturated heterocycles. The van der Waals surface area contributed by atoms with Gasteiger partial charge >= 0.3 is 12.4 Å². The van der Waals surface area contributed by atoms with E-state index in [-0.39, 0.29) is 10.6 Å². The number of nitrogens with one attached hydrogen (secondary N) is 1. The van der Waals surface area contributed by atoms with E-state index in [0.29, 0.717) is 0 Å². The Kier molecular flexibility index (Phi) is 5.49. The van der Waals surface area contributed by atoms with Gasteiger partial charge in [-0.1, -0.05) is 17.7 Å². The molecule has 1 aromatic carbocycles. The van der Waals surface area contributed by atoms with Crippen molar-refractivity contribution in [1.29, 1.82) is 0 Å². The van der Waals surface area contributed by atoms with Crippen LogP contribution in [0, 0.1) is 11.7 Å².